The van der Waals surface area contributed by atoms with Crippen LogP contribution in [0.1, 0.15) is 0 Å². The number of para-hydroxylation sites is 4. The Morgan fingerprint density at radius 1 is 0.316 bits per heavy atom. The number of benzene rings is 8. The molecule has 0 saturated carbocycles. The quantitative estimate of drug-likeness (QED) is 0.118. The van der Waals surface area contributed by atoms with Crippen LogP contribution >= 0.6 is 0 Å². The molecule has 11 aromatic rings. The van der Waals surface area contributed by atoms with E-state index in [1.165, 1.54) is 53.3 Å². The van der Waals surface area contributed by atoms with E-state index in [0.717, 1.165) is 33.8 Å². The molecule has 0 aliphatic carbocycles. The van der Waals surface area contributed by atoms with E-state index in [9.17, 15) is 0 Å². The van der Waals surface area contributed by atoms with Gasteiger partial charge in [-0.3, -0.25) is 4.57 Å². The smallest absolute Gasteiger partial charge is 0.179 e. The Labute approximate surface area is 332 Å². The Kier molecular flexibility index (Phi) is 7.83. The molecule has 11 rings (SSSR count). The maximum atomic E-state index is 5.54. The highest BCUT2D eigenvalue weighted by molar-refractivity contribution is 7.19. The summed E-state index contributed by atoms with van der Waals surface area (Å²) in [7, 11) is -2.68. The zero-order chi connectivity index (χ0) is 37.8. The van der Waals surface area contributed by atoms with Gasteiger partial charge in [0.1, 0.15) is 5.82 Å². The van der Waals surface area contributed by atoms with E-state index in [1.807, 2.05) is 0 Å². The van der Waals surface area contributed by atoms with Crippen LogP contribution in [0.3, 0.4) is 0 Å². The van der Waals surface area contributed by atoms with Crippen molar-refractivity contribution < 1.29 is 0 Å². The van der Waals surface area contributed by atoms with Crippen LogP contribution in [0.5, 0.6) is 0 Å². The van der Waals surface area contributed by atoms with E-state index in [1.54, 1.807) is 0 Å². The fraction of sp³-hybridized carbons (Fsp3) is 0. The fourth-order valence-corrected chi connectivity index (χ4v) is 14.0. The minimum atomic E-state index is -2.68. The minimum Gasteiger partial charge on any atom is -0.309 e. The van der Waals surface area contributed by atoms with Gasteiger partial charge in [-0.25, -0.2) is 4.98 Å². The second-order valence-electron chi connectivity index (χ2n) is 14.7. The SMILES string of the molecule is c1ccc([Si](c2ccccc2)(c2ccccc2)c2ccc(-c3cc(-n4c5ccccc5c5ccccc54)cc(-n4c5ccccc5c5ccccc54)n3)cc2)cc1. The highest BCUT2D eigenvalue weighted by atomic mass is 28.3. The Morgan fingerprint density at radius 2 is 0.667 bits per heavy atom. The predicted octanol–water partition coefficient (Wildman–Crippen LogP) is 10.3. The third-order valence-electron chi connectivity index (χ3n) is 11.7. The van der Waals surface area contributed by atoms with Crippen LogP contribution in [0.4, 0.5) is 0 Å². The van der Waals surface area contributed by atoms with Gasteiger partial charge in [0.2, 0.25) is 0 Å². The summed E-state index contributed by atoms with van der Waals surface area (Å²) in [6.07, 6.45) is 0. The van der Waals surface area contributed by atoms with Crippen LogP contribution < -0.4 is 20.7 Å². The first-order chi connectivity index (χ1) is 28.3. The van der Waals surface area contributed by atoms with Crippen molar-refractivity contribution in [3.05, 3.63) is 224 Å². The summed E-state index contributed by atoms with van der Waals surface area (Å²) in [6.45, 7) is 0. The second kappa shape index (κ2) is 13.5. The number of rotatable bonds is 7. The van der Waals surface area contributed by atoms with Crippen molar-refractivity contribution in [1.29, 1.82) is 0 Å². The van der Waals surface area contributed by atoms with E-state index < -0.39 is 8.07 Å². The summed E-state index contributed by atoms with van der Waals surface area (Å²) >= 11 is 0. The second-order valence-corrected chi connectivity index (χ2v) is 18.5. The maximum absolute atomic E-state index is 5.54. The summed E-state index contributed by atoms with van der Waals surface area (Å²) in [5.41, 5.74) is 7.67. The number of aromatic nitrogens is 3. The van der Waals surface area contributed by atoms with Crippen molar-refractivity contribution >= 4 is 72.4 Å². The summed E-state index contributed by atoms with van der Waals surface area (Å²) in [5.74, 6) is 0.882. The van der Waals surface area contributed by atoms with Crippen LogP contribution in [-0.4, -0.2) is 22.2 Å². The lowest BCUT2D eigenvalue weighted by molar-refractivity contribution is 1.06. The first kappa shape index (κ1) is 33.1. The first-order valence-electron chi connectivity index (χ1n) is 19.6. The molecule has 0 saturated heterocycles. The maximum Gasteiger partial charge on any atom is 0.179 e. The molecule has 3 nitrogen and oxygen atoms in total. The average Bonchev–Trinajstić information content (AvgIpc) is 3.81. The molecular weight excluding hydrogens is 707 g/mol. The number of hydrogen-bond acceptors (Lipinski definition) is 1. The van der Waals surface area contributed by atoms with Gasteiger partial charge < -0.3 is 4.57 Å². The molecule has 268 valence electrons. The van der Waals surface area contributed by atoms with E-state index in [0.29, 0.717) is 0 Å². The number of hydrogen-bond donors (Lipinski definition) is 0. The first-order valence-corrected chi connectivity index (χ1v) is 21.6. The van der Waals surface area contributed by atoms with Gasteiger partial charge in [0.25, 0.3) is 0 Å². The monoisotopic (exact) mass is 743 g/mol. The zero-order valence-electron chi connectivity index (χ0n) is 31.2. The third-order valence-corrected chi connectivity index (χ3v) is 16.5. The summed E-state index contributed by atoms with van der Waals surface area (Å²) < 4.78 is 4.73. The van der Waals surface area contributed by atoms with Crippen molar-refractivity contribution in [3.63, 3.8) is 0 Å². The van der Waals surface area contributed by atoms with Crippen LogP contribution in [-0.2, 0) is 0 Å². The molecule has 57 heavy (non-hydrogen) atoms. The normalized spacial score (nSPS) is 11.9. The molecule has 0 spiro atoms. The predicted molar refractivity (Wildman–Crippen MR) is 242 cm³/mol. The molecular formula is C53H37N3Si. The Bertz CT molecular complexity index is 2880. The third kappa shape index (κ3) is 5.22. The molecule has 4 heteroatoms. The van der Waals surface area contributed by atoms with Crippen molar-refractivity contribution in [3.8, 4) is 22.8 Å². The molecule has 0 aliphatic heterocycles. The topological polar surface area (TPSA) is 22.8 Å². The molecule has 0 aliphatic rings. The Balaban J connectivity index is 1.17. The van der Waals surface area contributed by atoms with E-state index >= 15 is 0 Å². The zero-order valence-corrected chi connectivity index (χ0v) is 32.2. The number of fused-ring (bicyclic) bond motifs is 6. The molecule has 0 N–H and O–H groups in total. The van der Waals surface area contributed by atoms with E-state index in [-0.39, 0.29) is 0 Å². The largest absolute Gasteiger partial charge is 0.309 e. The van der Waals surface area contributed by atoms with Gasteiger partial charge in [-0.15, -0.1) is 0 Å². The molecule has 0 bridgehead atoms. The summed E-state index contributed by atoms with van der Waals surface area (Å²) in [5, 5.41) is 10.3. The highest BCUT2D eigenvalue weighted by Gasteiger charge is 2.41. The van der Waals surface area contributed by atoms with Crippen LogP contribution in [0.2, 0.25) is 0 Å². The van der Waals surface area contributed by atoms with Gasteiger partial charge in [0, 0.05) is 33.2 Å². The fourth-order valence-electron chi connectivity index (χ4n) is 9.22. The van der Waals surface area contributed by atoms with Gasteiger partial charge in [-0.2, -0.15) is 0 Å². The lowest BCUT2D eigenvalue weighted by atomic mass is 10.1. The molecule has 0 radical (unpaired) electrons. The van der Waals surface area contributed by atoms with Crippen LogP contribution in [0.25, 0.3) is 66.4 Å². The molecule has 0 unspecified atom stereocenters. The van der Waals surface area contributed by atoms with Gasteiger partial charge in [-0.05, 0) is 51.1 Å². The lowest BCUT2D eigenvalue weighted by Crippen LogP contribution is -2.74. The molecule has 0 fully saturated rings. The minimum absolute atomic E-state index is 0.882. The lowest BCUT2D eigenvalue weighted by Gasteiger charge is -2.34. The van der Waals surface area contributed by atoms with Gasteiger partial charge in [0.05, 0.1) is 33.4 Å². The van der Waals surface area contributed by atoms with Crippen molar-refractivity contribution in [1.82, 2.24) is 14.1 Å². The van der Waals surface area contributed by atoms with E-state index in [2.05, 4.69) is 234 Å². The van der Waals surface area contributed by atoms with Crippen molar-refractivity contribution in [2.75, 3.05) is 0 Å². The van der Waals surface area contributed by atoms with Crippen molar-refractivity contribution in [2.45, 2.75) is 0 Å². The average molecular weight is 744 g/mol. The van der Waals surface area contributed by atoms with Crippen LogP contribution in [0, 0.1) is 0 Å². The summed E-state index contributed by atoms with van der Waals surface area (Å²) in [4.78, 5) is 5.54. The molecule has 3 aromatic heterocycles. The van der Waals surface area contributed by atoms with Gasteiger partial charge >= 0.3 is 0 Å². The number of nitrogens with zero attached hydrogens (tertiary/aromatic N) is 3. The Hall–Kier alpha value is -7.27. The standard InChI is InChI=1S/C53H37N3Si/c1-4-18-40(19-5-1)57(41-20-6-2-7-21-41,42-22-8-3-9-23-42)43-34-32-38(33-35-43)48-36-39(55-49-28-14-10-24-44(49)45-25-11-15-29-50(45)55)37-53(54-48)56-51-30-16-12-26-46(51)47-27-13-17-31-52(47)56/h1-37H. The van der Waals surface area contributed by atoms with Gasteiger partial charge in [-0.1, -0.05) is 188 Å². The van der Waals surface area contributed by atoms with Crippen LogP contribution in [0.15, 0.2) is 224 Å². The summed E-state index contributed by atoms with van der Waals surface area (Å²) in [6, 6.07) is 81.9. The number of pyridine rings is 1. The molecule has 0 amide bonds. The highest BCUT2D eigenvalue weighted by Crippen LogP contribution is 2.36. The Morgan fingerprint density at radius 3 is 1.09 bits per heavy atom. The molecule has 8 aromatic carbocycles. The van der Waals surface area contributed by atoms with E-state index in [4.69, 9.17) is 4.98 Å². The van der Waals surface area contributed by atoms with Gasteiger partial charge in [0.15, 0.2) is 8.07 Å². The molecule has 3 heterocycles. The molecule has 0 atom stereocenters. The van der Waals surface area contributed by atoms with Crippen molar-refractivity contribution in [2.24, 2.45) is 0 Å².